The third-order valence-corrected chi connectivity index (χ3v) is 2.78. The summed E-state index contributed by atoms with van der Waals surface area (Å²) in [5.41, 5.74) is 2.19. The van der Waals surface area contributed by atoms with Gasteiger partial charge in [0.1, 0.15) is 6.20 Å². The standard InChI is InChI=1S/C11H9N5O3/c17-5-6-1-2-7-8(3-6)14-11(13-7)10-9(16(18)19)4-12-15-10/h1-4,17H,5H2,(H,12,15)(H,13,14). The molecule has 2 heterocycles. The van der Waals surface area contributed by atoms with E-state index in [2.05, 4.69) is 20.2 Å². The maximum absolute atomic E-state index is 10.8. The normalized spacial score (nSPS) is 11.0. The SMILES string of the molecule is O=[N+]([O-])c1cn[nH]c1-c1nc2ccc(CO)cc2[nH]1. The van der Waals surface area contributed by atoms with Gasteiger partial charge in [-0.3, -0.25) is 15.2 Å². The minimum atomic E-state index is -0.523. The van der Waals surface area contributed by atoms with Crippen molar-refractivity contribution in [2.75, 3.05) is 0 Å². The van der Waals surface area contributed by atoms with Crippen molar-refractivity contribution in [2.45, 2.75) is 6.61 Å². The van der Waals surface area contributed by atoms with Crippen LogP contribution in [0, 0.1) is 10.1 Å². The molecule has 8 nitrogen and oxygen atoms in total. The molecule has 0 radical (unpaired) electrons. The number of imidazole rings is 1. The fourth-order valence-corrected chi connectivity index (χ4v) is 1.87. The summed E-state index contributed by atoms with van der Waals surface area (Å²) in [6.45, 7) is -0.0749. The second kappa shape index (κ2) is 4.18. The molecule has 2 aromatic heterocycles. The lowest BCUT2D eigenvalue weighted by Gasteiger charge is -1.93. The molecule has 96 valence electrons. The van der Waals surface area contributed by atoms with E-state index in [1.54, 1.807) is 18.2 Å². The van der Waals surface area contributed by atoms with E-state index in [1.165, 1.54) is 0 Å². The fourth-order valence-electron chi connectivity index (χ4n) is 1.87. The van der Waals surface area contributed by atoms with Crippen molar-refractivity contribution >= 4 is 16.7 Å². The maximum Gasteiger partial charge on any atom is 0.317 e. The summed E-state index contributed by atoms with van der Waals surface area (Å²) in [7, 11) is 0. The molecule has 19 heavy (non-hydrogen) atoms. The minimum absolute atomic E-state index is 0.0749. The fraction of sp³-hybridized carbons (Fsp3) is 0.0909. The van der Waals surface area contributed by atoms with Gasteiger partial charge < -0.3 is 10.1 Å². The third-order valence-electron chi connectivity index (χ3n) is 2.78. The summed E-state index contributed by atoms with van der Waals surface area (Å²) in [6, 6.07) is 5.23. The van der Waals surface area contributed by atoms with Crippen LogP contribution in [-0.2, 0) is 6.61 Å². The summed E-state index contributed by atoms with van der Waals surface area (Å²) in [5.74, 6) is 0.342. The molecular weight excluding hydrogens is 250 g/mol. The molecule has 0 aliphatic carbocycles. The number of nitrogens with zero attached hydrogens (tertiary/aromatic N) is 3. The van der Waals surface area contributed by atoms with Crippen molar-refractivity contribution in [3.05, 3.63) is 40.1 Å². The Morgan fingerprint density at radius 3 is 3.00 bits per heavy atom. The van der Waals surface area contributed by atoms with Crippen LogP contribution in [0.25, 0.3) is 22.6 Å². The first kappa shape index (κ1) is 11.4. The predicted molar refractivity (Wildman–Crippen MR) is 66.3 cm³/mol. The lowest BCUT2D eigenvalue weighted by Crippen LogP contribution is -1.90. The monoisotopic (exact) mass is 259 g/mol. The molecule has 0 amide bonds. The van der Waals surface area contributed by atoms with E-state index in [0.29, 0.717) is 16.9 Å². The molecule has 0 atom stereocenters. The van der Waals surface area contributed by atoms with Crippen molar-refractivity contribution in [2.24, 2.45) is 0 Å². The van der Waals surface area contributed by atoms with E-state index in [4.69, 9.17) is 5.11 Å². The Labute approximate surface area is 106 Å². The van der Waals surface area contributed by atoms with Crippen molar-refractivity contribution in [3.8, 4) is 11.5 Å². The summed E-state index contributed by atoms with van der Waals surface area (Å²) in [4.78, 5) is 17.6. The molecule has 3 rings (SSSR count). The summed E-state index contributed by atoms with van der Waals surface area (Å²) < 4.78 is 0. The van der Waals surface area contributed by atoms with Gasteiger partial charge in [0.2, 0.25) is 0 Å². The van der Waals surface area contributed by atoms with Crippen LogP contribution in [0.4, 0.5) is 5.69 Å². The summed E-state index contributed by atoms with van der Waals surface area (Å²) >= 11 is 0. The maximum atomic E-state index is 10.8. The Balaban J connectivity index is 2.15. The van der Waals surface area contributed by atoms with Crippen molar-refractivity contribution in [1.82, 2.24) is 20.2 Å². The van der Waals surface area contributed by atoms with Gasteiger partial charge in [0, 0.05) is 0 Å². The molecule has 1 aromatic carbocycles. The molecule has 3 N–H and O–H groups in total. The van der Waals surface area contributed by atoms with E-state index in [1.807, 2.05) is 0 Å². The molecule has 0 aliphatic heterocycles. The van der Waals surface area contributed by atoms with Crippen LogP contribution < -0.4 is 0 Å². The number of hydrogen-bond donors (Lipinski definition) is 3. The Morgan fingerprint density at radius 1 is 1.42 bits per heavy atom. The number of aliphatic hydroxyl groups excluding tert-OH is 1. The lowest BCUT2D eigenvalue weighted by atomic mass is 10.2. The Bertz CT molecular complexity index is 761. The van der Waals surface area contributed by atoms with Crippen LogP contribution in [0.5, 0.6) is 0 Å². The van der Waals surface area contributed by atoms with E-state index in [-0.39, 0.29) is 18.0 Å². The van der Waals surface area contributed by atoms with Gasteiger partial charge >= 0.3 is 5.69 Å². The van der Waals surface area contributed by atoms with Gasteiger partial charge in [0.05, 0.1) is 22.6 Å². The number of fused-ring (bicyclic) bond motifs is 1. The number of hydrogen-bond acceptors (Lipinski definition) is 5. The van der Waals surface area contributed by atoms with Gasteiger partial charge in [-0.05, 0) is 17.7 Å². The van der Waals surface area contributed by atoms with Gasteiger partial charge in [-0.1, -0.05) is 6.07 Å². The molecule has 0 aliphatic rings. The average molecular weight is 259 g/mol. The molecule has 3 aromatic rings. The van der Waals surface area contributed by atoms with E-state index < -0.39 is 4.92 Å². The number of nitro groups is 1. The third kappa shape index (κ3) is 1.83. The van der Waals surface area contributed by atoms with Gasteiger partial charge in [0.15, 0.2) is 11.5 Å². The smallest absolute Gasteiger partial charge is 0.317 e. The van der Waals surface area contributed by atoms with Gasteiger partial charge in [-0.25, -0.2) is 4.98 Å². The van der Waals surface area contributed by atoms with Crippen LogP contribution in [0.3, 0.4) is 0 Å². The van der Waals surface area contributed by atoms with Crippen molar-refractivity contribution < 1.29 is 10.0 Å². The second-order valence-corrected chi connectivity index (χ2v) is 3.98. The highest BCUT2D eigenvalue weighted by Gasteiger charge is 2.20. The zero-order chi connectivity index (χ0) is 13.4. The zero-order valence-electron chi connectivity index (χ0n) is 9.62. The topological polar surface area (TPSA) is 121 Å². The Morgan fingerprint density at radius 2 is 2.26 bits per heavy atom. The van der Waals surface area contributed by atoms with Crippen LogP contribution in [0.2, 0.25) is 0 Å². The van der Waals surface area contributed by atoms with E-state index in [9.17, 15) is 10.1 Å². The first-order valence-electron chi connectivity index (χ1n) is 5.46. The lowest BCUT2D eigenvalue weighted by molar-refractivity contribution is -0.384. The zero-order valence-corrected chi connectivity index (χ0v) is 9.62. The molecular formula is C11H9N5O3. The largest absolute Gasteiger partial charge is 0.392 e. The highest BCUT2D eigenvalue weighted by Crippen LogP contribution is 2.26. The van der Waals surface area contributed by atoms with Crippen LogP contribution in [0.15, 0.2) is 24.4 Å². The number of H-pyrrole nitrogens is 2. The number of benzene rings is 1. The molecule has 0 bridgehead atoms. The second-order valence-electron chi connectivity index (χ2n) is 3.98. The molecule has 0 saturated carbocycles. The molecule has 0 fully saturated rings. The molecule has 0 spiro atoms. The Hall–Kier alpha value is -2.74. The first-order valence-corrected chi connectivity index (χ1v) is 5.46. The predicted octanol–water partition coefficient (Wildman–Crippen LogP) is 1.35. The Kier molecular flexibility index (Phi) is 2.50. The summed E-state index contributed by atoms with van der Waals surface area (Å²) in [6.07, 6.45) is 1.14. The number of rotatable bonds is 3. The van der Waals surface area contributed by atoms with Gasteiger partial charge in [0.25, 0.3) is 0 Å². The highest BCUT2D eigenvalue weighted by atomic mass is 16.6. The molecule has 0 saturated heterocycles. The van der Waals surface area contributed by atoms with Gasteiger partial charge in [-0.15, -0.1) is 0 Å². The highest BCUT2D eigenvalue weighted by molar-refractivity contribution is 5.80. The van der Waals surface area contributed by atoms with Crippen molar-refractivity contribution in [3.63, 3.8) is 0 Å². The van der Waals surface area contributed by atoms with Gasteiger partial charge in [-0.2, -0.15) is 5.10 Å². The quantitative estimate of drug-likeness (QED) is 0.484. The van der Waals surface area contributed by atoms with Crippen LogP contribution in [-0.4, -0.2) is 30.2 Å². The average Bonchev–Trinajstić information content (AvgIpc) is 3.03. The number of aromatic amines is 2. The minimum Gasteiger partial charge on any atom is -0.392 e. The van der Waals surface area contributed by atoms with Crippen LogP contribution >= 0.6 is 0 Å². The van der Waals surface area contributed by atoms with Crippen molar-refractivity contribution in [1.29, 1.82) is 0 Å². The van der Waals surface area contributed by atoms with E-state index >= 15 is 0 Å². The number of aromatic nitrogens is 4. The van der Waals surface area contributed by atoms with Crippen LogP contribution in [0.1, 0.15) is 5.56 Å². The first-order chi connectivity index (χ1) is 9.19. The number of aliphatic hydroxyl groups is 1. The molecule has 8 heteroatoms. The van der Waals surface area contributed by atoms with E-state index in [0.717, 1.165) is 11.8 Å². The molecule has 0 unspecified atom stereocenters. The number of nitrogens with one attached hydrogen (secondary N) is 2. The summed E-state index contributed by atoms with van der Waals surface area (Å²) in [5, 5.41) is 26.1.